The molecule has 0 bridgehead atoms. The number of nitrogens with zero attached hydrogens (tertiary/aromatic N) is 1. The van der Waals surface area contributed by atoms with Gasteiger partial charge in [0.1, 0.15) is 5.75 Å². The van der Waals surface area contributed by atoms with Crippen LogP contribution in [0.1, 0.15) is 15.9 Å². The SMILES string of the molecule is CS(=O)(=O)c1ccc(CNC(=O)c2cncc(O)c2)cc1. The Bertz CT molecular complexity index is 755. The zero-order valence-corrected chi connectivity index (χ0v) is 12.1. The van der Waals surface area contributed by atoms with Gasteiger partial charge in [-0.25, -0.2) is 8.42 Å². The van der Waals surface area contributed by atoms with Gasteiger partial charge < -0.3 is 10.4 Å². The minimum absolute atomic E-state index is 0.0832. The fourth-order valence-electron chi connectivity index (χ4n) is 1.69. The molecular weight excluding hydrogens is 292 g/mol. The fraction of sp³-hybridized carbons (Fsp3) is 0.143. The van der Waals surface area contributed by atoms with Crippen LogP contribution >= 0.6 is 0 Å². The summed E-state index contributed by atoms with van der Waals surface area (Å²) in [4.78, 5) is 15.8. The summed E-state index contributed by atoms with van der Waals surface area (Å²) in [5.74, 6) is -0.453. The Kier molecular flexibility index (Phi) is 4.23. The fourth-order valence-corrected chi connectivity index (χ4v) is 2.32. The van der Waals surface area contributed by atoms with E-state index in [1.807, 2.05) is 0 Å². The van der Waals surface area contributed by atoms with Crippen LogP contribution in [0.3, 0.4) is 0 Å². The lowest BCUT2D eigenvalue weighted by molar-refractivity contribution is 0.0950. The molecule has 1 heterocycles. The first-order valence-corrected chi connectivity index (χ1v) is 7.96. The number of pyridine rings is 1. The maximum atomic E-state index is 11.8. The van der Waals surface area contributed by atoms with Crippen molar-refractivity contribution in [1.82, 2.24) is 10.3 Å². The normalized spacial score (nSPS) is 11.1. The Morgan fingerprint density at radius 1 is 1.24 bits per heavy atom. The van der Waals surface area contributed by atoms with Crippen molar-refractivity contribution in [3.63, 3.8) is 0 Å². The molecule has 2 aromatic rings. The quantitative estimate of drug-likeness (QED) is 0.882. The molecule has 0 aliphatic carbocycles. The number of carbonyl (C=O) groups is 1. The van der Waals surface area contributed by atoms with Crippen LogP contribution in [0.5, 0.6) is 5.75 Å². The van der Waals surface area contributed by atoms with E-state index in [0.29, 0.717) is 0 Å². The zero-order valence-electron chi connectivity index (χ0n) is 11.3. The molecule has 110 valence electrons. The van der Waals surface area contributed by atoms with Gasteiger partial charge in [-0.1, -0.05) is 12.1 Å². The van der Waals surface area contributed by atoms with Crippen LogP contribution in [-0.4, -0.2) is 30.7 Å². The molecule has 2 N–H and O–H groups in total. The number of hydrogen-bond acceptors (Lipinski definition) is 5. The van der Waals surface area contributed by atoms with Crippen molar-refractivity contribution in [1.29, 1.82) is 0 Å². The molecule has 1 aromatic heterocycles. The average molecular weight is 306 g/mol. The Morgan fingerprint density at radius 3 is 2.48 bits per heavy atom. The number of carbonyl (C=O) groups excluding carboxylic acids is 1. The van der Waals surface area contributed by atoms with Crippen molar-refractivity contribution < 1.29 is 18.3 Å². The van der Waals surface area contributed by atoms with E-state index in [2.05, 4.69) is 10.3 Å². The highest BCUT2D eigenvalue weighted by Crippen LogP contribution is 2.11. The van der Waals surface area contributed by atoms with Crippen molar-refractivity contribution in [3.8, 4) is 5.75 Å². The molecule has 0 unspecified atom stereocenters. The summed E-state index contributed by atoms with van der Waals surface area (Å²) >= 11 is 0. The van der Waals surface area contributed by atoms with Crippen LogP contribution in [0.4, 0.5) is 0 Å². The second-order valence-electron chi connectivity index (χ2n) is 4.53. The number of sulfone groups is 1. The van der Waals surface area contributed by atoms with Crippen LogP contribution in [0, 0.1) is 0 Å². The Morgan fingerprint density at radius 2 is 1.90 bits per heavy atom. The van der Waals surface area contributed by atoms with Crippen molar-refractivity contribution in [3.05, 3.63) is 53.9 Å². The third-order valence-corrected chi connectivity index (χ3v) is 3.92. The second kappa shape index (κ2) is 5.92. The van der Waals surface area contributed by atoms with Gasteiger partial charge >= 0.3 is 0 Å². The average Bonchev–Trinajstić information content (AvgIpc) is 2.44. The molecule has 0 saturated heterocycles. The summed E-state index contributed by atoms with van der Waals surface area (Å²) in [7, 11) is -3.22. The van der Waals surface area contributed by atoms with Crippen molar-refractivity contribution in [2.24, 2.45) is 0 Å². The Balaban J connectivity index is 2.02. The van der Waals surface area contributed by atoms with E-state index in [1.54, 1.807) is 12.1 Å². The number of nitrogens with one attached hydrogen (secondary N) is 1. The molecule has 2 rings (SSSR count). The van der Waals surface area contributed by atoms with Gasteiger partial charge in [0.25, 0.3) is 5.91 Å². The van der Waals surface area contributed by atoms with Crippen LogP contribution in [0.2, 0.25) is 0 Å². The van der Waals surface area contributed by atoms with Crippen molar-refractivity contribution >= 4 is 15.7 Å². The van der Waals surface area contributed by atoms with E-state index in [-0.39, 0.29) is 28.7 Å². The molecule has 21 heavy (non-hydrogen) atoms. The summed E-state index contributed by atoms with van der Waals surface area (Å²) in [6.07, 6.45) is 3.72. The van der Waals surface area contributed by atoms with E-state index in [1.165, 1.54) is 30.6 Å². The summed E-state index contributed by atoms with van der Waals surface area (Å²) in [6, 6.07) is 7.57. The largest absolute Gasteiger partial charge is 0.506 e. The van der Waals surface area contributed by atoms with Gasteiger partial charge in [0.2, 0.25) is 0 Å². The molecular formula is C14H14N2O4S. The molecule has 6 nitrogen and oxygen atoms in total. The van der Waals surface area contributed by atoms with Gasteiger partial charge in [-0.15, -0.1) is 0 Å². The predicted octanol–water partition coefficient (Wildman–Crippen LogP) is 1.12. The molecule has 0 aliphatic rings. The van der Waals surface area contributed by atoms with Gasteiger partial charge in [0, 0.05) is 19.0 Å². The van der Waals surface area contributed by atoms with Crippen molar-refractivity contribution in [2.45, 2.75) is 11.4 Å². The molecule has 0 spiro atoms. The number of amides is 1. The standard InChI is InChI=1S/C14H14N2O4S/c1-21(19,20)13-4-2-10(3-5-13)7-16-14(18)11-6-12(17)9-15-8-11/h2-6,8-9,17H,7H2,1H3,(H,16,18). The van der Waals surface area contributed by atoms with Gasteiger partial charge in [0.15, 0.2) is 9.84 Å². The Hall–Kier alpha value is -2.41. The maximum absolute atomic E-state index is 11.8. The number of aromatic hydroxyl groups is 1. The second-order valence-corrected chi connectivity index (χ2v) is 6.55. The topological polar surface area (TPSA) is 96.4 Å². The molecule has 7 heteroatoms. The highest BCUT2D eigenvalue weighted by molar-refractivity contribution is 7.90. The predicted molar refractivity (Wildman–Crippen MR) is 76.6 cm³/mol. The van der Waals surface area contributed by atoms with Gasteiger partial charge in [0.05, 0.1) is 16.7 Å². The summed E-state index contributed by atoms with van der Waals surface area (Å²) in [6.45, 7) is 0.249. The van der Waals surface area contributed by atoms with Gasteiger partial charge in [-0.2, -0.15) is 0 Å². The number of rotatable bonds is 4. The Labute approximate surface area is 122 Å². The first kappa shape index (κ1) is 15.0. The van der Waals surface area contributed by atoms with Crippen molar-refractivity contribution in [2.75, 3.05) is 6.26 Å². The molecule has 0 fully saturated rings. The molecule has 0 saturated carbocycles. The number of aromatic nitrogens is 1. The smallest absolute Gasteiger partial charge is 0.253 e. The first-order valence-electron chi connectivity index (χ1n) is 6.07. The molecule has 0 atom stereocenters. The third-order valence-electron chi connectivity index (χ3n) is 2.79. The van der Waals surface area contributed by atoms with E-state index in [0.717, 1.165) is 11.8 Å². The van der Waals surface area contributed by atoms with E-state index < -0.39 is 9.84 Å². The monoisotopic (exact) mass is 306 g/mol. The van der Waals surface area contributed by atoms with E-state index in [9.17, 15) is 18.3 Å². The van der Waals surface area contributed by atoms with Gasteiger partial charge in [-0.05, 0) is 23.8 Å². The summed E-state index contributed by atoms with van der Waals surface area (Å²) in [5.41, 5.74) is 1.02. The minimum atomic E-state index is -3.22. The minimum Gasteiger partial charge on any atom is -0.506 e. The third kappa shape index (κ3) is 4.03. The lowest BCUT2D eigenvalue weighted by Crippen LogP contribution is -2.22. The van der Waals surface area contributed by atoms with Gasteiger partial charge in [-0.3, -0.25) is 9.78 Å². The number of benzene rings is 1. The molecule has 1 amide bonds. The number of hydrogen-bond donors (Lipinski definition) is 2. The molecule has 0 radical (unpaired) electrons. The molecule has 1 aromatic carbocycles. The highest BCUT2D eigenvalue weighted by Gasteiger charge is 2.08. The van der Waals surface area contributed by atoms with E-state index in [4.69, 9.17) is 0 Å². The van der Waals surface area contributed by atoms with E-state index >= 15 is 0 Å². The lowest BCUT2D eigenvalue weighted by Gasteiger charge is -2.06. The van der Waals surface area contributed by atoms with Crippen LogP contribution < -0.4 is 5.32 Å². The first-order chi connectivity index (χ1) is 9.86. The van der Waals surface area contributed by atoms with Crippen LogP contribution in [0.15, 0.2) is 47.6 Å². The lowest BCUT2D eigenvalue weighted by atomic mass is 10.2. The molecule has 0 aliphatic heterocycles. The van der Waals surface area contributed by atoms with Crippen LogP contribution in [0.25, 0.3) is 0 Å². The zero-order chi connectivity index (χ0) is 15.5. The van der Waals surface area contributed by atoms with Crippen LogP contribution in [-0.2, 0) is 16.4 Å². The summed E-state index contributed by atoms with van der Waals surface area (Å²) in [5, 5.41) is 11.9. The summed E-state index contributed by atoms with van der Waals surface area (Å²) < 4.78 is 22.7. The maximum Gasteiger partial charge on any atom is 0.253 e. The highest BCUT2D eigenvalue weighted by atomic mass is 32.2.